The Balaban J connectivity index is 1.87. The second-order valence-corrected chi connectivity index (χ2v) is 6.82. The van der Waals surface area contributed by atoms with Crippen LogP contribution in [0.1, 0.15) is 51.0 Å². The van der Waals surface area contributed by atoms with E-state index in [1.807, 2.05) is 26.0 Å². The van der Waals surface area contributed by atoms with Gasteiger partial charge in [-0.15, -0.1) is 0 Å². The number of unbranched alkanes of at least 4 members (excludes halogenated alkanes) is 1. The van der Waals surface area contributed by atoms with E-state index in [1.165, 1.54) is 18.4 Å². The fourth-order valence-corrected chi connectivity index (χ4v) is 3.09. The zero-order valence-electron chi connectivity index (χ0n) is 14.4. The molecular formula is C19H30N2O2. The molecule has 1 heterocycles. The highest BCUT2D eigenvalue weighted by Gasteiger charge is 2.20. The number of likely N-dealkylation sites (tertiary alicyclic amines) is 1. The molecule has 0 aromatic heterocycles. The van der Waals surface area contributed by atoms with Crippen molar-refractivity contribution in [1.82, 2.24) is 4.90 Å². The van der Waals surface area contributed by atoms with E-state index in [-0.39, 0.29) is 11.8 Å². The van der Waals surface area contributed by atoms with Crippen molar-refractivity contribution in [2.45, 2.75) is 45.4 Å². The van der Waals surface area contributed by atoms with Gasteiger partial charge in [-0.25, -0.2) is 0 Å². The number of nitrogens with zero attached hydrogens (tertiary/aromatic N) is 1. The molecule has 23 heavy (non-hydrogen) atoms. The van der Waals surface area contributed by atoms with E-state index in [9.17, 15) is 4.79 Å². The molecule has 0 bridgehead atoms. The first-order valence-electron chi connectivity index (χ1n) is 8.84. The molecule has 128 valence electrons. The van der Waals surface area contributed by atoms with Crippen molar-refractivity contribution in [3.05, 3.63) is 29.8 Å². The number of aliphatic hydroxyl groups excluding tert-OH is 1. The number of nitrogens with one attached hydrogen (secondary N) is 1. The predicted molar refractivity (Wildman–Crippen MR) is 94.6 cm³/mol. The Kier molecular flexibility index (Phi) is 7.06. The maximum Gasteiger partial charge on any atom is 0.226 e. The highest BCUT2D eigenvalue weighted by atomic mass is 16.2. The van der Waals surface area contributed by atoms with E-state index in [0.717, 1.165) is 38.2 Å². The third kappa shape index (κ3) is 5.63. The van der Waals surface area contributed by atoms with Crippen LogP contribution in [0.4, 0.5) is 5.69 Å². The average molecular weight is 318 g/mol. The Bertz CT molecular complexity index is 494. The summed E-state index contributed by atoms with van der Waals surface area (Å²) in [6.07, 6.45) is 4.32. The summed E-state index contributed by atoms with van der Waals surface area (Å²) in [6.45, 7) is 7.46. The summed E-state index contributed by atoms with van der Waals surface area (Å²) >= 11 is 0. The number of anilines is 1. The van der Waals surface area contributed by atoms with Crippen LogP contribution in [-0.2, 0) is 4.79 Å². The van der Waals surface area contributed by atoms with Gasteiger partial charge in [0.15, 0.2) is 0 Å². The minimum absolute atomic E-state index is 0.000755. The van der Waals surface area contributed by atoms with Crippen LogP contribution in [0, 0.1) is 5.92 Å². The van der Waals surface area contributed by atoms with Gasteiger partial charge in [-0.2, -0.15) is 0 Å². The number of piperidine rings is 1. The second kappa shape index (κ2) is 9.04. The summed E-state index contributed by atoms with van der Waals surface area (Å²) < 4.78 is 0. The summed E-state index contributed by atoms with van der Waals surface area (Å²) in [4.78, 5) is 14.3. The molecule has 1 aromatic rings. The van der Waals surface area contributed by atoms with E-state index in [2.05, 4.69) is 22.3 Å². The number of carbonyl (C=O) groups is 1. The number of hydrogen-bond donors (Lipinski definition) is 2. The quantitative estimate of drug-likeness (QED) is 0.759. The first-order chi connectivity index (χ1) is 11.1. The number of carbonyl (C=O) groups excluding carboxylic acids is 1. The Labute approximate surface area is 139 Å². The number of rotatable bonds is 7. The number of aliphatic hydroxyl groups is 1. The monoisotopic (exact) mass is 318 g/mol. The van der Waals surface area contributed by atoms with Crippen molar-refractivity contribution in [2.24, 2.45) is 5.92 Å². The fraction of sp³-hybridized carbons (Fsp3) is 0.632. The Hall–Kier alpha value is -1.39. The lowest BCUT2D eigenvalue weighted by Crippen LogP contribution is -2.33. The van der Waals surface area contributed by atoms with E-state index in [1.54, 1.807) is 0 Å². The molecule has 1 fully saturated rings. The maximum atomic E-state index is 11.8. The van der Waals surface area contributed by atoms with Gasteiger partial charge in [0, 0.05) is 18.2 Å². The molecule has 0 saturated carbocycles. The zero-order chi connectivity index (χ0) is 16.7. The average Bonchev–Trinajstić information content (AvgIpc) is 2.56. The molecule has 0 aliphatic carbocycles. The van der Waals surface area contributed by atoms with Crippen LogP contribution in [0.3, 0.4) is 0 Å². The Morgan fingerprint density at radius 1 is 1.30 bits per heavy atom. The normalized spacial score (nSPS) is 16.7. The minimum atomic E-state index is 0.000755. The molecule has 0 spiro atoms. The summed E-state index contributed by atoms with van der Waals surface area (Å²) in [5.74, 6) is 0.654. The first-order valence-corrected chi connectivity index (χ1v) is 8.84. The van der Waals surface area contributed by atoms with Crippen molar-refractivity contribution in [3.8, 4) is 0 Å². The van der Waals surface area contributed by atoms with Crippen LogP contribution in [0.5, 0.6) is 0 Å². The molecule has 1 saturated heterocycles. The smallest absolute Gasteiger partial charge is 0.226 e. The third-order valence-corrected chi connectivity index (χ3v) is 4.62. The largest absolute Gasteiger partial charge is 0.396 e. The van der Waals surface area contributed by atoms with Crippen LogP contribution < -0.4 is 5.32 Å². The molecule has 4 nitrogen and oxygen atoms in total. The van der Waals surface area contributed by atoms with Gasteiger partial charge in [-0.3, -0.25) is 4.79 Å². The van der Waals surface area contributed by atoms with Crippen LogP contribution in [0.25, 0.3) is 0 Å². The van der Waals surface area contributed by atoms with Crippen molar-refractivity contribution in [2.75, 3.05) is 31.6 Å². The zero-order valence-corrected chi connectivity index (χ0v) is 14.4. The summed E-state index contributed by atoms with van der Waals surface area (Å²) in [7, 11) is 0. The maximum absolute atomic E-state index is 11.8. The molecule has 1 amide bonds. The molecule has 1 aliphatic heterocycles. The van der Waals surface area contributed by atoms with Crippen LogP contribution in [0.15, 0.2) is 24.3 Å². The highest BCUT2D eigenvalue weighted by molar-refractivity contribution is 5.92. The highest BCUT2D eigenvalue weighted by Crippen LogP contribution is 2.29. The molecule has 0 atom stereocenters. The summed E-state index contributed by atoms with van der Waals surface area (Å²) in [5.41, 5.74) is 2.24. The van der Waals surface area contributed by atoms with Crippen molar-refractivity contribution < 1.29 is 9.90 Å². The van der Waals surface area contributed by atoms with Gasteiger partial charge >= 0.3 is 0 Å². The van der Waals surface area contributed by atoms with E-state index in [0.29, 0.717) is 12.5 Å². The van der Waals surface area contributed by atoms with Gasteiger partial charge in [0.2, 0.25) is 5.91 Å². The van der Waals surface area contributed by atoms with Gasteiger partial charge in [0.1, 0.15) is 0 Å². The van der Waals surface area contributed by atoms with Gasteiger partial charge in [-0.1, -0.05) is 26.0 Å². The first kappa shape index (κ1) is 18.0. The summed E-state index contributed by atoms with van der Waals surface area (Å²) in [6, 6.07) is 8.32. The molecule has 1 aromatic carbocycles. The lowest BCUT2D eigenvalue weighted by Gasteiger charge is -2.32. The molecule has 2 N–H and O–H groups in total. The van der Waals surface area contributed by atoms with E-state index >= 15 is 0 Å². The number of benzene rings is 1. The summed E-state index contributed by atoms with van der Waals surface area (Å²) in [5, 5.41) is 11.9. The van der Waals surface area contributed by atoms with Gasteiger partial charge in [0.05, 0.1) is 0 Å². The van der Waals surface area contributed by atoms with Crippen LogP contribution in [-0.4, -0.2) is 42.2 Å². The van der Waals surface area contributed by atoms with Gasteiger partial charge < -0.3 is 15.3 Å². The standard InChI is InChI=1S/C19H30N2O2/c1-15(2)19(23)20-18-7-5-6-17(14-18)16-8-11-21(12-9-16)10-3-4-13-22/h5-7,14-16,22H,3-4,8-13H2,1-2H3,(H,20,23). The molecule has 0 unspecified atom stereocenters. The molecule has 1 aliphatic rings. The lowest BCUT2D eigenvalue weighted by molar-refractivity contribution is -0.118. The van der Waals surface area contributed by atoms with Gasteiger partial charge in [0.25, 0.3) is 0 Å². The van der Waals surface area contributed by atoms with Crippen LogP contribution >= 0.6 is 0 Å². The van der Waals surface area contributed by atoms with Crippen molar-refractivity contribution in [1.29, 1.82) is 0 Å². The third-order valence-electron chi connectivity index (χ3n) is 4.62. The van der Waals surface area contributed by atoms with E-state index < -0.39 is 0 Å². The van der Waals surface area contributed by atoms with Crippen molar-refractivity contribution >= 4 is 11.6 Å². The molecule has 0 radical (unpaired) electrons. The Morgan fingerprint density at radius 3 is 2.70 bits per heavy atom. The fourth-order valence-electron chi connectivity index (χ4n) is 3.09. The van der Waals surface area contributed by atoms with E-state index in [4.69, 9.17) is 5.11 Å². The molecule has 4 heteroatoms. The molecule has 2 rings (SSSR count). The molecular weight excluding hydrogens is 288 g/mol. The number of amides is 1. The SMILES string of the molecule is CC(C)C(=O)Nc1cccc(C2CCN(CCCCO)CC2)c1. The predicted octanol–water partition coefficient (Wildman–Crippen LogP) is 3.23. The number of hydrogen-bond acceptors (Lipinski definition) is 3. The lowest BCUT2D eigenvalue weighted by atomic mass is 9.89. The van der Waals surface area contributed by atoms with Crippen LogP contribution in [0.2, 0.25) is 0 Å². The minimum Gasteiger partial charge on any atom is -0.396 e. The van der Waals surface area contributed by atoms with Gasteiger partial charge in [-0.05, 0) is 68.9 Å². The second-order valence-electron chi connectivity index (χ2n) is 6.82. The topological polar surface area (TPSA) is 52.6 Å². The van der Waals surface area contributed by atoms with Crippen molar-refractivity contribution in [3.63, 3.8) is 0 Å². The Morgan fingerprint density at radius 2 is 2.04 bits per heavy atom.